The maximum absolute atomic E-state index is 9.59. The molecule has 0 saturated heterocycles. The minimum atomic E-state index is 0.233. The van der Waals surface area contributed by atoms with Gasteiger partial charge >= 0.3 is 0 Å². The molecule has 4 N–H and O–H groups in total. The van der Waals surface area contributed by atoms with Crippen LogP contribution >= 0.6 is 0 Å². The van der Waals surface area contributed by atoms with Crippen molar-refractivity contribution >= 4 is 11.5 Å². The molecule has 1 aromatic heterocycles. The normalized spacial score (nSPS) is 10.6. The first-order valence-electron chi connectivity index (χ1n) is 6.95. The van der Waals surface area contributed by atoms with Crippen molar-refractivity contribution in [3.63, 3.8) is 0 Å². The lowest BCUT2D eigenvalue weighted by molar-refractivity contribution is 0.474. The van der Waals surface area contributed by atoms with E-state index in [0.29, 0.717) is 5.82 Å². The lowest BCUT2D eigenvalue weighted by Crippen LogP contribution is -1.96. The van der Waals surface area contributed by atoms with E-state index >= 15 is 0 Å². The molecule has 0 bridgehead atoms. The van der Waals surface area contributed by atoms with Crippen LogP contribution in [0.4, 0.5) is 11.5 Å². The van der Waals surface area contributed by atoms with Crippen molar-refractivity contribution < 1.29 is 10.2 Å². The van der Waals surface area contributed by atoms with Gasteiger partial charge in [0, 0.05) is 11.8 Å². The van der Waals surface area contributed by atoms with Crippen molar-refractivity contribution in [3.05, 3.63) is 53.6 Å². The molecule has 112 valence electrons. The molecule has 0 amide bonds. The van der Waals surface area contributed by atoms with Crippen molar-refractivity contribution in [2.24, 2.45) is 0 Å². The number of nitrogens with one attached hydrogen (secondary N) is 2. The third-order valence-electron chi connectivity index (χ3n) is 3.53. The molecule has 0 aliphatic heterocycles. The van der Waals surface area contributed by atoms with Crippen LogP contribution in [0.5, 0.6) is 11.5 Å². The van der Waals surface area contributed by atoms with Gasteiger partial charge in [0.1, 0.15) is 11.5 Å². The first-order chi connectivity index (χ1) is 10.5. The van der Waals surface area contributed by atoms with Gasteiger partial charge in [0.15, 0.2) is 5.82 Å². The molecule has 0 fully saturated rings. The fourth-order valence-corrected chi connectivity index (χ4v) is 2.44. The van der Waals surface area contributed by atoms with Crippen LogP contribution in [0.15, 0.2) is 42.5 Å². The Balaban J connectivity index is 1.87. The van der Waals surface area contributed by atoms with E-state index in [0.717, 1.165) is 28.1 Å². The Labute approximate surface area is 128 Å². The van der Waals surface area contributed by atoms with Crippen molar-refractivity contribution in [1.82, 2.24) is 10.2 Å². The van der Waals surface area contributed by atoms with Gasteiger partial charge in [0.25, 0.3) is 0 Å². The first-order valence-corrected chi connectivity index (χ1v) is 6.95. The van der Waals surface area contributed by atoms with Gasteiger partial charge in [-0.15, -0.1) is 0 Å². The number of anilines is 2. The Morgan fingerprint density at radius 3 is 2.18 bits per heavy atom. The molecular formula is C17H17N3O2. The molecule has 0 saturated carbocycles. The molecule has 0 aliphatic carbocycles. The average Bonchev–Trinajstić information content (AvgIpc) is 2.92. The summed E-state index contributed by atoms with van der Waals surface area (Å²) in [7, 11) is 0. The zero-order valence-electron chi connectivity index (χ0n) is 12.4. The van der Waals surface area contributed by atoms with Crippen molar-refractivity contribution in [2.75, 3.05) is 5.32 Å². The molecule has 0 spiro atoms. The van der Waals surface area contributed by atoms with E-state index in [1.165, 1.54) is 0 Å². The molecule has 2 aromatic carbocycles. The van der Waals surface area contributed by atoms with Crippen LogP contribution in [-0.2, 0) is 0 Å². The zero-order chi connectivity index (χ0) is 15.7. The summed E-state index contributed by atoms with van der Waals surface area (Å²) in [6.07, 6.45) is 0. The molecule has 0 radical (unpaired) electrons. The van der Waals surface area contributed by atoms with Crippen LogP contribution in [0, 0.1) is 13.8 Å². The van der Waals surface area contributed by atoms with E-state index < -0.39 is 0 Å². The van der Waals surface area contributed by atoms with Crippen molar-refractivity contribution in [3.8, 4) is 22.8 Å². The van der Waals surface area contributed by atoms with Gasteiger partial charge in [0.2, 0.25) is 0 Å². The topological polar surface area (TPSA) is 81.2 Å². The smallest absolute Gasteiger partial charge is 0.152 e. The number of hydrogen-bond acceptors (Lipinski definition) is 4. The number of aromatic hydroxyl groups is 2. The number of nitrogens with zero attached hydrogens (tertiary/aromatic N) is 1. The minimum absolute atomic E-state index is 0.233. The van der Waals surface area contributed by atoms with Gasteiger partial charge < -0.3 is 15.5 Å². The summed E-state index contributed by atoms with van der Waals surface area (Å²) in [5.41, 5.74) is 4.63. The second kappa shape index (κ2) is 5.44. The third kappa shape index (κ3) is 2.74. The van der Waals surface area contributed by atoms with Crippen LogP contribution in [0.2, 0.25) is 0 Å². The molecule has 0 aliphatic rings. The average molecular weight is 295 g/mol. The Morgan fingerprint density at radius 1 is 0.909 bits per heavy atom. The van der Waals surface area contributed by atoms with Crippen LogP contribution in [0.1, 0.15) is 11.1 Å². The van der Waals surface area contributed by atoms with E-state index in [9.17, 15) is 10.2 Å². The van der Waals surface area contributed by atoms with E-state index in [-0.39, 0.29) is 11.5 Å². The second-order valence-corrected chi connectivity index (χ2v) is 5.29. The molecule has 0 unspecified atom stereocenters. The number of benzene rings is 2. The number of hydrogen-bond donors (Lipinski definition) is 4. The number of rotatable bonds is 3. The van der Waals surface area contributed by atoms with E-state index in [1.807, 2.05) is 32.0 Å². The molecule has 5 nitrogen and oxygen atoms in total. The molecule has 0 atom stereocenters. The molecule has 3 aromatic rings. The van der Waals surface area contributed by atoms with Gasteiger partial charge in [-0.05, 0) is 66.9 Å². The van der Waals surface area contributed by atoms with E-state index in [2.05, 4.69) is 15.5 Å². The largest absolute Gasteiger partial charge is 0.508 e. The van der Waals surface area contributed by atoms with Crippen LogP contribution in [-0.4, -0.2) is 20.4 Å². The lowest BCUT2D eigenvalue weighted by atomic mass is 10.1. The van der Waals surface area contributed by atoms with Crippen molar-refractivity contribution in [2.45, 2.75) is 13.8 Å². The highest BCUT2D eigenvalue weighted by Gasteiger charge is 2.08. The highest BCUT2D eigenvalue weighted by atomic mass is 16.3. The van der Waals surface area contributed by atoms with E-state index in [1.54, 1.807) is 24.3 Å². The summed E-state index contributed by atoms with van der Waals surface area (Å²) in [6, 6.07) is 12.2. The molecule has 1 heterocycles. The quantitative estimate of drug-likeness (QED) is 0.553. The van der Waals surface area contributed by atoms with E-state index in [4.69, 9.17) is 0 Å². The Kier molecular flexibility index (Phi) is 3.47. The number of aromatic nitrogens is 2. The highest BCUT2D eigenvalue weighted by molar-refractivity contribution is 5.70. The summed E-state index contributed by atoms with van der Waals surface area (Å²) in [4.78, 5) is 0. The van der Waals surface area contributed by atoms with Gasteiger partial charge in [-0.2, -0.15) is 5.10 Å². The summed E-state index contributed by atoms with van der Waals surface area (Å²) in [5.74, 6) is 1.18. The Morgan fingerprint density at radius 2 is 1.55 bits per heavy atom. The number of aromatic amines is 1. The van der Waals surface area contributed by atoms with Gasteiger partial charge in [0.05, 0.1) is 5.69 Å². The molecular weight excluding hydrogens is 278 g/mol. The molecule has 22 heavy (non-hydrogen) atoms. The predicted molar refractivity (Wildman–Crippen MR) is 86.6 cm³/mol. The van der Waals surface area contributed by atoms with Gasteiger partial charge in [-0.3, -0.25) is 5.10 Å². The fraction of sp³-hybridized carbons (Fsp3) is 0.118. The number of aryl methyl sites for hydroxylation is 2. The highest BCUT2D eigenvalue weighted by Crippen LogP contribution is 2.29. The summed E-state index contributed by atoms with van der Waals surface area (Å²) in [6.45, 7) is 3.87. The van der Waals surface area contributed by atoms with Crippen molar-refractivity contribution in [1.29, 1.82) is 0 Å². The number of phenolic OH excluding ortho intramolecular Hbond substituents is 2. The predicted octanol–water partition coefficient (Wildman–Crippen LogP) is 3.85. The molecule has 3 rings (SSSR count). The summed E-state index contributed by atoms with van der Waals surface area (Å²) in [5, 5.41) is 29.4. The van der Waals surface area contributed by atoms with Crippen LogP contribution in [0.3, 0.4) is 0 Å². The Bertz CT molecular complexity index is 784. The first kappa shape index (κ1) is 14.0. The monoisotopic (exact) mass is 295 g/mol. The van der Waals surface area contributed by atoms with Gasteiger partial charge in [-0.1, -0.05) is 0 Å². The number of H-pyrrole nitrogens is 1. The third-order valence-corrected chi connectivity index (χ3v) is 3.53. The Hall–Kier alpha value is -2.95. The lowest BCUT2D eigenvalue weighted by Gasteiger charge is -2.11. The summed E-state index contributed by atoms with van der Waals surface area (Å²) >= 11 is 0. The molecule has 5 heteroatoms. The maximum atomic E-state index is 9.59. The minimum Gasteiger partial charge on any atom is -0.508 e. The van der Waals surface area contributed by atoms with Crippen LogP contribution < -0.4 is 5.32 Å². The SMILES string of the molecule is Cc1cc(O)cc(C)c1Nc1cc(-c2ccc(O)cc2)[nH]n1. The second-order valence-electron chi connectivity index (χ2n) is 5.29. The zero-order valence-corrected chi connectivity index (χ0v) is 12.4. The number of phenols is 2. The van der Waals surface area contributed by atoms with Crippen LogP contribution in [0.25, 0.3) is 11.3 Å². The maximum Gasteiger partial charge on any atom is 0.152 e. The fourth-order valence-electron chi connectivity index (χ4n) is 2.44. The standard InChI is InChI=1S/C17H17N3O2/c1-10-7-14(22)8-11(2)17(10)18-16-9-15(19-20-16)12-3-5-13(21)6-4-12/h3-9,21-22H,1-2H3,(H2,18,19,20). The summed E-state index contributed by atoms with van der Waals surface area (Å²) < 4.78 is 0. The van der Waals surface area contributed by atoms with Gasteiger partial charge in [-0.25, -0.2) is 0 Å².